The van der Waals surface area contributed by atoms with E-state index in [1.807, 2.05) is 24.3 Å². The second-order valence-corrected chi connectivity index (χ2v) is 7.25. The van der Waals surface area contributed by atoms with Crippen LogP contribution < -0.4 is 19.5 Å². The molecule has 4 rings (SSSR count). The van der Waals surface area contributed by atoms with Crippen LogP contribution in [-0.4, -0.2) is 36.0 Å². The molecule has 28 heavy (non-hydrogen) atoms. The smallest absolute Gasteiger partial charge is 0.231 e. The van der Waals surface area contributed by atoms with Crippen molar-refractivity contribution in [2.24, 2.45) is 5.92 Å². The van der Waals surface area contributed by atoms with Crippen LogP contribution in [0, 0.1) is 5.92 Å². The predicted octanol–water partition coefficient (Wildman–Crippen LogP) is 2.38. The number of pyridine rings is 1. The van der Waals surface area contributed by atoms with E-state index >= 15 is 0 Å². The van der Waals surface area contributed by atoms with Gasteiger partial charge in [0.05, 0.1) is 19.3 Å². The van der Waals surface area contributed by atoms with Crippen molar-refractivity contribution in [2.45, 2.75) is 37.8 Å². The van der Waals surface area contributed by atoms with Gasteiger partial charge in [0.1, 0.15) is 0 Å². The Bertz CT molecular complexity index is 833. The lowest BCUT2D eigenvalue weighted by molar-refractivity contribution is -0.123. The lowest BCUT2D eigenvalue weighted by Gasteiger charge is -2.38. The molecule has 2 aliphatic rings. The highest BCUT2D eigenvalue weighted by molar-refractivity contribution is 5.76. The van der Waals surface area contributed by atoms with Crippen LogP contribution in [0.5, 0.6) is 17.4 Å². The lowest BCUT2D eigenvalue weighted by Crippen LogP contribution is -2.41. The van der Waals surface area contributed by atoms with Crippen molar-refractivity contribution in [2.75, 3.05) is 13.9 Å². The summed E-state index contributed by atoms with van der Waals surface area (Å²) in [5.41, 5.74) is 1.95. The summed E-state index contributed by atoms with van der Waals surface area (Å²) in [6.07, 6.45) is 3.78. The molecule has 0 radical (unpaired) electrons. The van der Waals surface area contributed by atoms with Crippen LogP contribution in [0.1, 0.15) is 36.4 Å². The summed E-state index contributed by atoms with van der Waals surface area (Å²) in [6, 6.07) is 9.29. The van der Waals surface area contributed by atoms with Crippen LogP contribution in [0.25, 0.3) is 0 Å². The molecule has 1 aromatic heterocycles. The van der Waals surface area contributed by atoms with Gasteiger partial charge < -0.3 is 24.6 Å². The Morgan fingerprint density at radius 3 is 2.82 bits per heavy atom. The number of aromatic nitrogens is 1. The first-order valence-electron chi connectivity index (χ1n) is 9.48. The number of aliphatic hydroxyl groups excluding tert-OH is 1. The fourth-order valence-electron chi connectivity index (χ4n) is 3.67. The third-order valence-electron chi connectivity index (χ3n) is 5.34. The summed E-state index contributed by atoms with van der Waals surface area (Å²) in [7, 11) is 1.57. The third-order valence-corrected chi connectivity index (χ3v) is 5.34. The van der Waals surface area contributed by atoms with Gasteiger partial charge in [0.2, 0.25) is 18.6 Å². The number of nitrogens with zero attached hydrogens (tertiary/aromatic N) is 1. The number of carbonyl (C=O) groups is 1. The summed E-state index contributed by atoms with van der Waals surface area (Å²) < 4.78 is 15.8. The molecule has 0 spiro atoms. The number of amides is 1. The SMILES string of the molecule is COc1ccc([C@H](NC(=O)CCc2ccc3c(c2)OCO3)C2CC(O)C2)cn1. The highest BCUT2D eigenvalue weighted by Crippen LogP contribution is 2.38. The minimum atomic E-state index is -0.288. The number of nitrogens with one attached hydrogen (secondary N) is 1. The van der Waals surface area contributed by atoms with Gasteiger partial charge in [-0.25, -0.2) is 4.98 Å². The molecule has 7 nitrogen and oxygen atoms in total. The van der Waals surface area contributed by atoms with Crippen LogP contribution in [0.4, 0.5) is 0 Å². The highest BCUT2D eigenvalue weighted by atomic mass is 16.7. The number of aryl methyl sites for hydroxylation is 1. The molecule has 0 saturated heterocycles. The van der Waals surface area contributed by atoms with E-state index in [9.17, 15) is 9.90 Å². The number of benzene rings is 1. The topological polar surface area (TPSA) is 89.9 Å². The Balaban J connectivity index is 1.39. The van der Waals surface area contributed by atoms with Crippen molar-refractivity contribution in [1.82, 2.24) is 10.3 Å². The summed E-state index contributed by atoms with van der Waals surface area (Å²) in [5.74, 6) is 2.18. The van der Waals surface area contributed by atoms with E-state index < -0.39 is 0 Å². The number of methoxy groups -OCH3 is 1. The molecule has 148 valence electrons. The van der Waals surface area contributed by atoms with Crippen LogP contribution in [0.2, 0.25) is 0 Å². The first kappa shape index (κ1) is 18.6. The zero-order valence-corrected chi connectivity index (χ0v) is 15.8. The molecule has 7 heteroatoms. The van der Waals surface area contributed by atoms with Crippen LogP contribution in [0.15, 0.2) is 36.5 Å². The quantitative estimate of drug-likeness (QED) is 0.762. The molecule has 1 amide bonds. The number of hydrogen-bond acceptors (Lipinski definition) is 6. The van der Waals surface area contributed by atoms with Gasteiger partial charge in [0.15, 0.2) is 11.5 Å². The van der Waals surface area contributed by atoms with Crippen molar-refractivity contribution in [3.8, 4) is 17.4 Å². The number of fused-ring (bicyclic) bond motifs is 1. The third kappa shape index (κ3) is 4.04. The molecule has 1 fully saturated rings. The second kappa shape index (κ2) is 8.06. The number of aliphatic hydroxyl groups is 1. The fraction of sp³-hybridized carbons (Fsp3) is 0.429. The van der Waals surface area contributed by atoms with Crippen LogP contribution >= 0.6 is 0 Å². The number of rotatable bonds is 7. The van der Waals surface area contributed by atoms with Gasteiger partial charge >= 0.3 is 0 Å². The van der Waals surface area contributed by atoms with Crippen molar-refractivity contribution in [3.63, 3.8) is 0 Å². The zero-order valence-electron chi connectivity index (χ0n) is 15.8. The number of carbonyl (C=O) groups excluding carboxylic acids is 1. The van der Waals surface area contributed by atoms with Gasteiger partial charge in [-0.1, -0.05) is 12.1 Å². The first-order valence-corrected chi connectivity index (χ1v) is 9.48. The average Bonchev–Trinajstić information content (AvgIpc) is 3.16. The fourth-order valence-corrected chi connectivity index (χ4v) is 3.67. The Labute approximate surface area is 163 Å². The van der Waals surface area contributed by atoms with E-state index in [-0.39, 0.29) is 30.8 Å². The van der Waals surface area contributed by atoms with Crippen molar-refractivity contribution in [3.05, 3.63) is 47.7 Å². The molecule has 1 saturated carbocycles. The Morgan fingerprint density at radius 2 is 2.11 bits per heavy atom. The first-order chi connectivity index (χ1) is 13.6. The summed E-state index contributed by atoms with van der Waals surface area (Å²) in [6.45, 7) is 0.240. The molecule has 2 heterocycles. The highest BCUT2D eigenvalue weighted by Gasteiger charge is 2.35. The minimum absolute atomic E-state index is 0.0279. The van der Waals surface area contributed by atoms with Crippen molar-refractivity contribution < 1.29 is 24.1 Å². The monoisotopic (exact) mass is 384 g/mol. The molecule has 2 N–H and O–H groups in total. The molecule has 2 aromatic rings. The summed E-state index contributed by atoms with van der Waals surface area (Å²) in [5, 5.41) is 12.8. The Kier molecular flexibility index (Phi) is 5.34. The maximum absolute atomic E-state index is 12.6. The van der Waals surface area contributed by atoms with E-state index in [1.54, 1.807) is 19.4 Å². The zero-order chi connectivity index (χ0) is 19.5. The molecule has 0 unspecified atom stereocenters. The molecular formula is C21H24N2O5. The van der Waals surface area contributed by atoms with E-state index in [2.05, 4.69) is 10.3 Å². The number of hydrogen-bond donors (Lipinski definition) is 2. The Morgan fingerprint density at radius 1 is 1.29 bits per heavy atom. The van der Waals surface area contributed by atoms with Gasteiger partial charge in [0.25, 0.3) is 0 Å². The molecule has 1 aliphatic heterocycles. The van der Waals surface area contributed by atoms with Gasteiger partial charge in [-0.15, -0.1) is 0 Å². The molecule has 1 atom stereocenters. The average molecular weight is 384 g/mol. The van der Waals surface area contributed by atoms with E-state index in [0.29, 0.717) is 31.6 Å². The van der Waals surface area contributed by atoms with Crippen LogP contribution in [0.3, 0.4) is 0 Å². The molecule has 0 bridgehead atoms. The van der Waals surface area contributed by atoms with Crippen LogP contribution in [-0.2, 0) is 11.2 Å². The normalized spacial score (nSPS) is 20.9. The number of ether oxygens (including phenoxy) is 3. The van der Waals surface area contributed by atoms with E-state index in [1.165, 1.54) is 0 Å². The van der Waals surface area contributed by atoms with Gasteiger partial charge in [-0.3, -0.25) is 4.79 Å². The minimum Gasteiger partial charge on any atom is -0.481 e. The summed E-state index contributed by atoms with van der Waals surface area (Å²) >= 11 is 0. The lowest BCUT2D eigenvalue weighted by atomic mass is 9.75. The van der Waals surface area contributed by atoms with Crippen molar-refractivity contribution in [1.29, 1.82) is 0 Å². The van der Waals surface area contributed by atoms with Gasteiger partial charge in [-0.05, 0) is 48.4 Å². The van der Waals surface area contributed by atoms with Crippen molar-refractivity contribution >= 4 is 5.91 Å². The van der Waals surface area contributed by atoms with E-state index in [4.69, 9.17) is 14.2 Å². The molecule has 1 aliphatic carbocycles. The second-order valence-electron chi connectivity index (χ2n) is 7.25. The Hall–Kier alpha value is -2.80. The predicted molar refractivity (Wildman–Crippen MR) is 101 cm³/mol. The maximum atomic E-state index is 12.6. The van der Waals surface area contributed by atoms with Gasteiger partial charge in [0, 0.05) is 18.7 Å². The molecular weight excluding hydrogens is 360 g/mol. The summed E-state index contributed by atoms with van der Waals surface area (Å²) in [4.78, 5) is 16.9. The maximum Gasteiger partial charge on any atom is 0.231 e. The molecule has 1 aromatic carbocycles. The standard InChI is InChI=1S/C21H24N2O5/c1-26-20-7-4-14(11-22-20)21(15-9-16(24)10-15)23-19(25)6-3-13-2-5-17-18(8-13)28-12-27-17/h2,4-5,7-8,11,15-16,21,24H,3,6,9-10,12H2,1H3,(H,23,25)/t15?,16?,21-/m0/s1. The van der Waals surface area contributed by atoms with E-state index in [0.717, 1.165) is 22.6 Å². The van der Waals surface area contributed by atoms with Gasteiger partial charge in [-0.2, -0.15) is 0 Å². The largest absolute Gasteiger partial charge is 0.481 e.